The highest BCUT2D eigenvalue weighted by molar-refractivity contribution is 5.78. The summed E-state index contributed by atoms with van der Waals surface area (Å²) >= 11 is 0. The Morgan fingerprint density at radius 3 is 2.57 bits per heavy atom. The van der Waals surface area contributed by atoms with Gasteiger partial charge in [0, 0.05) is 16.4 Å². The number of hydrogen-bond acceptors (Lipinski definition) is 6. The van der Waals surface area contributed by atoms with Crippen LogP contribution in [0.25, 0.3) is 22.4 Å². The van der Waals surface area contributed by atoms with Gasteiger partial charge in [0.15, 0.2) is 0 Å². The van der Waals surface area contributed by atoms with Crippen molar-refractivity contribution in [2.24, 2.45) is 11.8 Å². The molecule has 184 valence electrons. The van der Waals surface area contributed by atoms with E-state index < -0.39 is 0 Å². The maximum atomic E-state index is 6.34. The van der Waals surface area contributed by atoms with Crippen LogP contribution in [0.4, 0.5) is 6.01 Å². The topological polar surface area (TPSA) is 87.1 Å². The van der Waals surface area contributed by atoms with Crippen LogP contribution in [0.15, 0.2) is 89.3 Å². The van der Waals surface area contributed by atoms with Crippen molar-refractivity contribution < 1.29 is 9.15 Å². The smallest absolute Gasteiger partial charge is 0.313 e. The molecule has 0 spiro atoms. The number of para-hydroxylation sites is 1. The summed E-state index contributed by atoms with van der Waals surface area (Å²) in [4.78, 5) is 4.78. The van der Waals surface area contributed by atoms with Crippen molar-refractivity contribution in [1.29, 1.82) is 0 Å². The van der Waals surface area contributed by atoms with Crippen molar-refractivity contribution in [3.8, 4) is 17.2 Å². The van der Waals surface area contributed by atoms with Crippen molar-refractivity contribution in [3.05, 3.63) is 102 Å². The van der Waals surface area contributed by atoms with Gasteiger partial charge in [-0.15, -0.1) is 5.10 Å². The Balaban J connectivity index is 1.31. The van der Waals surface area contributed by atoms with E-state index in [1.165, 1.54) is 30.4 Å². The van der Waals surface area contributed by atoms with Crippen LogP contribution in [0.1, 0.15) is 42.5 Å². The van der Waals surface area contributed by atoms with Gasteiger partial charge in [-0.3, -0.25) is 0 Å². The molecule has 0 aliphatic heterocycles. The average molecular weight is 489 g/mol. The van der Waals surface area contributed by atoms with Crippen LogP contribution in [0.2, 0.25) is 0 Å². The zero-order valence-electron chi connectivity index (χ0n) is 20.5. The molecule has 2 aliphatic rings. The highest BCUT2D eigenvalue weighted by atomic mass is 16.5. The van der Waals surface area contributed by atoms with E-state index in [-0.39, 0.29) is 11.4 Å². The first-order valence-electron chi connectivity index (χ1n) is 13.0. The van der Waals surface area contributed by atoms with Crippen molar-refractivity contribution in [2.75, 3.05) is 5.73 Å². The van der Waals surface area contributed by atoms with E-state index in [2.05, 4.69) is 58.7 Å². The first-order valence-corrected chi connectivity index (χ1v) is 13.0. The summed E-state index contributed by atoms with van der Waals surface area (Å²) in [6.45, 7) is 0.390. The van der Waals surface area contributed by atoms with Crippen LogP contribution in [-0.4, -0.2) is 15.2 Å². The summed E-state index contributed by atoms with van der Waals surface area (Å²) in [6, 6.07) is 29.4. The molecule has 2 heterocycles. The van der Waals surface area contributed by atoms with E-state index in [4.69, 9.17) is 19.9 Å². The molecule has 2 saturated carbocycles. The van der Waals surface area contributed by atoms with Crippen LogP contribution >= 0.6 is 0 Å². The highest BCUT2D eigenvalue weighted by Gasteiger charge is 2.53. The number of fused-ring (bicyclic) bond motifs is 3. The number of hydrogen-bond donors (Lipinski definition) is 1. The second-order valence-electron chi connectivity index (χ2n) is 10.4. The van der Waals surface area contributed by atoms with Gasteiger partial charge in [0.25, 0.3) is 0 Å². The van der Waals surface area contributed by atoms with Crippen molar-refractivity contribution >= 4 is 16.9 Å². The van der Waals surface area contributed by atoms with Gasteiger partial charge in [0.2, 0.25) is 5.89 Å². The lowest BCUT2D eigenvalue weighted by Crippen LogP contribution is -2.34. The Morgan fingerprint density at radius 2 is 1.78 bits per heavy atom. The fourth-order valence-electron chi connectivity index (χ4n) is 6.76. The Hall–Kier alpha value is -4.19. The van der Waals surface area contributed by atoms with Crippen molar-refractivity contribution in [3.63, 3.8) is 0 Å². The summed E-state index contributed by atoms with van der Waals surface area (Å²) in [7, 11) is 0. The van der Waals surface area contributed by atoms with E-state index in [1.807, 2.05) is 36.4 Å². The number of pyridine rings is 1. The zero-order valence-corrected chi connectivity index (χ0v) is 20.5. The lowest BCUT2D eigenvalue weighted by atomic mass is 9.63. The summed E-state index contributed by atoms with van der Waals surface area (Å²) in [6.07, 6.45) is 4.86. The van der Waals surface area contributed by atoms with Gasteiger partial charge in [-0.2, -0.15) is 0 Å². The van der Waals surface area contributed by atoms with E-state index in [0.29, 0.717) is 18.4 Å². The van der Waals surface area contributed by atoms with Crippen LogP contribution in [0.5, 0.6) is 5.75 Å². The molecule has 0 saturated heterocycles. The third-order valence-corrected chi connectivity index (χ3v) is 8.32. The number of nitrogen functional groups attached to an aromatic ring is 1. The molecule has 2 N–H and O–H groups in total. The van der Waals surface area contributed by atoms with Gasteiger partial charge < -0.3 is 14.9 Å². The Kier molecular flexibility index (Phi) is 5.20. The minimum atomic E-state index is -0.136. The van der Waals surface area contributed by atoms with E-state index >= 15 is 0 Å². The maximum absolute atomic E-state index is 6.34. The molecule has 5 aromatic rings. The molecular formula is C31H28N4O2. The molecule has 3 aromatic carbocycles. The quantitative estimate of drug-likeness (QED) is 0.292. The second-order valence-corrected chi connectivity index (χ2v) is 10.4. The highest BCUT2D eigenvalue weighted by Crippen LogP contribution is 2.61. The van der Waals surface area contributed by atoms with Crippen LogP contribution in [-0.2, 0) is 12.0 Å². The predicted octanol–water partition coefficient (Wildman–Crippen LogP) is 6.55. The summed E-state index contributed by atoms with van der Waals surface area (Å²) in [5.41, 5.74) is 11.0. The molecule has 2 aromatic heterocycles. The van der Waals surface area contributed by atoms with Gasteiger partial charge in [-0.25, -0.2) is 4.98 Å². The van der Waals surface area contributed by atoms with E-state index in [0.717, 1.165) is 40.2 Å². The molecule has 0 amide bonds. The molecule has 2 aliphatic carbocycles. The molecule has 7 rings (SSSR count). The molecule has 0 radical (unpaired) electrons. The average Bonchev–Trinajstić information content (AvgIpc) is 3.69. The Bertz CT molecular complexity index is 1580. The van der Waals surface area contributed by atoms with Crippen molar-refractivity contribution in [1.82, 2.24) is 15.2 Å². The molecule has 0 unspecified atom stereocenters. The minimum Gasteiger partial charge on any atom is -0.487 e. The Labute approximate surface area is 215 Å². The van der Waals surface area contributed by atoms with E-state index in [9.17, 15) is 0 Å². The molecule has 37 heavy (non-hydrogen) atoms. The summed E-state index contributed by atoms with van der Waals surface area (Å²) in [5, 5.41) is 9.34. The number of nitrogens with two attached hydrogens (primary N) is 1. The fourth-order valence-corrected chi connectivity index (χ4v) is 6.76. The predicted molar refractivity (Wildman–Crippen MR) is 143 cm³/mol. The second kappa shape index (κ2) is 8.73. The lowest BCUT2D eigenvalue weighted by Gasteiger charge is -2.40. The number of anilines is 1. The number of rotatable bonds is 6. The standard InChI is InChI=1S/C31H28N4O2/c32-30-35-34-29(37-30)26-15-14-25(36-19-24-13-11-21-6-4-5-9-28(21)33-24)17-27(26)31(22-7-2-1-3-8-22)18-20-10-12-23(31)16-20/h1-9,11,13-15,17,20,23H,10,12,16,18-19H2,(H2,32,35)/t20-,23-,31-/m0/s1. The zero-order chi connectivity index (χ0) is 24.8. The molecule has 2 fully saturated rings. The molecule has 6 heteroatoms. The largest absolute Gasteiger partial charge is 0.487 e. The summed E-state index contributed by atoms with van der Waals surface area (Å²) < 4.78 is 12.1. The normalized spacial score (nSPS) is 22.5. The summed E-state index contributed by atoms with van der Waals surface area (Å²) in [5.74, 6) is 2.53. The molecule has 6 nitrogen and oxygen atoms in total. The van der Waals surface area contributed by atoms with Gasteiger partial charge in [-0.05, 0) is 72.6 Å². The first kappa shape index (κ1) is 22.0. The fraction of sp³-hybridized carbons (Fsp3) is 0.258. The minimum absolute atomic E-state index is 0.0744. The SMILES string of the molecule is Nc1nnc(-c2ccc(OCc3ccc4ccccc4n3)cc2[C@]2(c3ccccc3)C[C@H]3CC[C@H]2C3)o1. The van der Waals surface area contributed by atoms with Crippen LogP contribution in [0, 0.1) is 11.8 Å². The first-order chi connectivity index (χ1) is 18.2. The Morgan fingerprint density at radius 1 is 0.919 bits per heavy atom. The van der Waals surface area contributed by atoms with Gasteiger partial charge >= 0.3 is 6.01 Å². The van der Waals surface area contributed by atoms with Crippen LogP contribution < -0.4 is 10.5 Å². The van der Waals surface area contributed by atoms with Crippen LogP contribution in [0.3, 0.4) is 0 Å². The van der Waals surface area contributed by atoms with E-state index in [1.54, 1.807) is 0 Å². The number of aromatic nitrogens is 3. The number of nitrogens with zero attached hydrogens (tertiary/aromatic N) is 3. The molecule has 3 atom stereocenters. The monoisotopic (exact) mass is 488 g/mol. The number of benzene rings is 3. The van der Waals surface area contributed by atoms with Crippen molar-refractivity contribution in [2.45, 2.75) is 37.7 Å². The number of ether oxygens (including phenoxy) is 1. The molecule has 2 bridgehead atoms. The maximum Gasteiger partial charge on any atom is 0.313 e. The lowest BCUT2D eigenvalue weighted by molar-refractivity contribution is 0.295. The molecular weight excluding hydrogens is 460 g/mol. The van der Waals surface area contributed by atoms with Gasteiger partial charge in [-0.1, -0.05) is 66.1 Å². The third kappa shape index (κ3) is 3.75. The van der Waals surface area contributed by atoms with Gasteiger partial charge in [0.1, 0.15) is 12.4 Å². The third-order valence-electron chi connectivity index (χ3n) is 8.32. The van der Waals surface area contributed by atoms with Gasteiger partial charge in [0.05, 0.1) is 11.2 Å².